The monoisotopic (exact) mass is 274 g/mol. The van der Waals surface area contributed by atoms with Crippen molar-refractivity contribution in [1.82, 2.24) is 0 Å². The van der Waals surface area contributed by atoms with Gasteiger partial charge in [0.25, 0.3) is 0 Å². The van der Waals surface area contributed by atoms with Crippen molar-refractivity contribution in [2.24, 2.45) is 11.5 Å². The summed E-state index contributed by atoms with van der Waals surface area (Å²) in [7, 11) is 1.23. The van der Waals surface area contributed by atoms with E-state index in [1.165, 1.54) is 13.2 Å². The highest BCUT2D eigenvalue weighted by atomic mass is 35.5. The number of hydrogen-bond donors (Lipinski definition) is 2. The molecule has 4 N–H and O–H groups in total. The smallest absolute Gasteiger partial charge is 0.339 e. The molecule has 0 spiro atoms. The zero-order chi connectivity index (χ0) is 13.8. The van der Waals surface area contributed by atoms with Crippen LogP contribution in [0.25, 0.3) is 0 Å². The molecule has 0 aliphatic carbocycles. The highest BCUT2D eigenvalue weighted by molar-refractivity contribution is 6.33. The molecule has 0 bridgehead atoms. The fraction of sp³-hybridized carbons (Fsp3) is 0.417. The molecule has 0 aromatic heterocycles. The minimum Gasteiger partial charge on any atom is -0.465 e. The van der Waals surface area contributed by atoms with Crippen LogP contribution in [-0.4, -0.2) is 26.3 Å². The van der Waals surface area contributed by atoms with E-state index in [2.05, 4.69) is 4.74 Å². The van der Waals surface area contributed by atoms with Gasteiger partial charge in [0.2, 0.25) is 0 Å². The van der Waals surface area contributed by atoms with Gasteiger partial charge in [-0.25, -0.2) is 9.18 Å². The third kappa shape index (κ3) is 2.80. The predicted octanol–water partition coefficient (Wildman–Crippen LogP) is 1.60. The van der Waals surface area contributed by atoms with Crippen molar-refractivity contribution in [3.63, 3.8) is 0 Å². The lowest BCUT2D eigenvalue weighted by molar-refractivity contribution is 0.0597. The minimum atomic E-state index is -1.33. The number of alkyl halides is 1. The maximum atomic E-state index is 13.2. The van der Waals surface area contributed by atoms with E-state index in [4.69, 9.17) is 23.1 Å². The number of nitrogens with two attached hydrogens (primary N) is 2. The van der Waals surface area contributed by atoms with Crippen LogP contribution in [0.15, 0.2) is 18.2 Å². The van der Waals surface area contributed by atoms with Gasteiger partial charge in [0, 0.05) is 0 Å². The number of esters is 1. The maximum absolute atomic E-state index is 13.2. The number of methoxy groups -OCH3 is 1. The summed E-state index contributed by atoms with van der Waals surface area (Å²) in [6, 6.07) is 4.70. The molecule has 1 rings (SSSR count). The largest absolute Gasteiger partial charge is 0.465 e. The lowest BCUT2D eigenvalue weighted by atomic mass is 9.85. The highest BCUT2D eigenvalue weighted by Gasteiger charge is 2.32. The van der Waals surface area contributed by atoms with E-state index < -0.39 is 18.2 Å². The average Bonchev–Trinajstić information content (AvgIpc) is 2.37. The van der Waals surface area contributed by atoms with Crippen LogP contribution in [0.4, 0.5) is 4.39 Å². The fourth-order valence-electron chi connectivity index (χ4n) is 1.78. The number of carbonyl (C=O) groups is 1. The molecule has 1 unspecified atom stereocenters. The molecule has 0 amide bonds. The van der Waals surface area contributed by atoms with Gasteiger partial charge in [-0.05, 0) is 24.6 Å². The van der Waals surface area contributed by atoms with Crippen LogP contribution in [0.2, 0.25) is 5.02 Å². The van der Waals surface area contributed by atoms with Crippen LogP contribution >= 0.6 is 11.6 Å². The Kier molecular flexibility index (Phi) is 5.07. The first-order chi connectivity index (χ1) is 8.50. The highest BCUT2D eigenvalue weighted by Crippen LogP contribution is 2.30. The van der Waals surface area contributed by atoms with Crippen LogP contribution in [0, 0.1) is 0 Å². The van der Waals surface area contributed by atoms with Crippen LogP contribution in [0.1, 0.15) is 22.3 Å². The van der Waals surface area contributed by atoms with Gasteiger partial charge < -0.3 is 16.2 Å². The number of halogens is 2. The Morgan fingerprint density at radius 3 is 2.72 bits per heavy atom. The standard InChI is InChI=1S/C12H16ClFN2O2/c1-18-11(17)10-8(3-2-4-9(10)13)12(16,7-14)5-6-15/h2-4H,5-7,15-16H2,1H3. The topological polar surface area (TPSA) is 78.3 Å². The second kappa shape index (κ2) is 6.13. The van der Waals surface area contributed by atoms with Gasteiger partial charge >= 0.3 is 5.97 Å². The van der Waals surface area contributed by atoms with E-state index >= 15 is 0 Å². The predicted molar refractivity (Wildman–Crippen MR) is 68.3 cm³/mol. The van der Waals surface area contributed by atoms with E-state index in [0.29, 0.717) is 5.56 Å². The van der Waals surface area contributed by atoms with Crippen LogP contribution < -0.4 is 11.5 Å². The molecule has 0 saturated carbocycles. The molecule has 0 aliphatic rings. The van der Waals surface area contributed by atoms with Crippen molar-refractivity contribution < 1.29 is 13.9 Å². The summed E-state index contributed by atoms with van der Waals surface area (Å²) in [5.41, 5.74) is 10.5. The number of carbonyl (C=O) groups excluding carboxylic acids is 1. The Labute approximate surface area is 110 Å². The van der Waals surface area contributed by atoms with E-state index in [0.717, 1.165) is 0 Å². The molecule has 1 aromatic rings. The van der Waals surface area contributed by atoms with E-state index in [1.807, 2.05) is 0 Å². The van der Waals surface area contributed by atoms with Crippen molar-refractivity contribution in [2.75, 3.05) is 20.3 Å². The first-order valence-electron chi connectivity index (χ1n) is 5.42. The Morgan fingerprint density at radius 2 is 2.22 bits per heavy atom. The first-order valence-corrected chi connectivity index (χ1v) is 5.80. The summed E-state index contributed by atoms with van der Waals surface area (Å²) in [6.07, 6.45) is 0.202. The number of benzene rings is 1. The quantitative estimate of drug-likeness (QED) is 0.800. The second-order valence-corrected chi connectivity index (χ2v) is 4.39. The molecule has 18 heavy (non-hydrogen) atoms. The van der Waals surface area contributed by atoms with Gasteiger partial charge in [-0.15, -0.1) is 0 Å². The van der Waals surface area contributed by atoms with Crippen molar-refractivity contribution in [1.29, 1.82) is 0 Å². The van der Waals surface area contributed by atoms with Crippen molar-refractivity contribution in [2.45, 2.75) is 12.0 Å². The lowest BCUT2D eigenvalue weighted by Crippen LogP contribution is -2.42. The second-order valence-electron chi connectivity index (χ2n) is 3.98. The molecule has 1 atom stereocenters. The van der Waals surface area contributed by atoms with Crippen LogP contribution in [0.5, 0.6) is 0 Å². The SMILES string of the molecule is COC(=O)c1c(Cl)cccc1C(N)(CF)CCN. The fourth-order valence-corrected chi connectivity index (χ4v) is 2.03. The summed E-state index contributed by atoms with van der Waals surface area (Å²) < 4.78 is 17.9. The summed E-state index contributed by atoms with van der Waals surface area (Å²) >= 11 is 5.96. The molecule has 4 nitrogen and oxygen atoms in total. The van der Waals surface area contributed by atoms with Gasteiger partial charge in [0.15, 0.2) is 0 Å². The Balaban J connectivity index is 3.39. The van der Waals surface area contributed by atoms with E-state index in [1.54, 1.807) is 12.1 Å². The zero-order valence-corrected chi connectivity index (χ0v) is 10.8. The number of rotatable bonds is 5. The first kappa shape index (κ1) is 14.9. The van der Waals surface area contributed by atoms with Crippen LogP contribution in [-0.2, 0) is 10.3 Å². The summed E-state index contributed by atoms with van der Waals surface area (Å²) in [5.74, 6) is -0.643. The summed E-state index contributed by atoms with van der Waals surface area (Å²) in [5, 5.41) is 0.180. The van der Waals surface area contributed by atoms with Crippen molar-refractivity contribution in [3.8, 4) is 0 Å². The number of ether oxygens (including phenoxy) is 1. The summed E-state index contributed by atoms with van der Waals surface area (Å²) in [6.45, 7) is -0.637. The maximum Gasteiger partial charge on any atom is 0.339 e. The zero-order valence-electron chi connectivity index (χ0n) is 10.1. The molecule has 100 valence electrons. The van der Waals surface area contributed by atoms with Gasteiger partial charge in [0.1, 0.15) is 6.67 Å². The minimum absolute atomic E-state index is 0.0928. The molecule has 0 radical (unpaired) electrons. The molecular formula is C12H16ClFN2O2. The van der Waals surface area contributed by atoms with E-state index in [-0.39, 0.29) is 23.6 Å². The van der Waals surface area contributed by atoms with E-state index in [9.17, 15) is 9.18 Å². The summed E-state index contributed by atoms with van der Waals surface area (Å²) in [4.78, 5) is 11.7. The van der Waals surface area contributed by atoms with Gasteiger partial charge in [0.05, 0.1) is 23.2 Å². The molecule has 1 aromatic carbocycles. The molecule has 0 saturated heterocycles. The molecule has 0 heterocycles. The van der Waals surface area contributed by atoms with Gasteiger partial charge in [-0.2, -0.15) is 0 Å². The van der Waals surface area contributed by atoms with Crippen molar-refractivity contribution in [3.05, 3.63) is 34.3 Å². The molecule has 0 aliphatic heterocycles. The van der Waals surface area contributed by atoms with Gasteiger partial charge in [-0.1, -0.05) is 23.7 Å². The molecule has 0 fully saturated rings. The molecule has 6 heteroatoms. The van der Waals surface area contributed by atoms with Crippen molar-refractivity contribution >= 4 is 17.6 Å². The number of hydrogen-bond acceptors (Lipinski definition) is 4. The Hall–Kier alpha value is -1.17. The molecular weight excluding hydrogens is 259 g/mol. The Morgan fingerprint density at radius 1 is 1.56 bits per heavy atom. The van der Waals surface area contributed by atoms with Gasteiger partial charge in [-0.3, -0.25) is 0 Å². The third-order valence-corrected chi connectivity index (χ3v) is 3.08. The van der Waals surface area contributed by atoms with Crippen LogP contribution in [0.3, 0.4) is 0 Å². The normalized spacial score (nSPS) is 14.1. The Bertz CT molecular complexity index is 442. The lowest BCUT2D eigenvalue weighted by Gasteiger charge is -2.28. The average molecular weight is 275 g/mol. The third-order valence-electron chi connectivity index (χ3n) is 2.77.